The Morgan fingerprint density at radius 2 is 2.00 bits per heavy atom. The molecule has 0 saturated carbocycles. The van der Waals surface area contributed by atoms with Gasteiger partial charge in [0.1, 0.15) is 0 Å². The zero-order valence-corrected chi connectivity index (χ0v) is 12.1. The third-order valence-corrected chi connectivity index (χ3v) is 4.71. The van der Waals surface area contributed by atoms with E-state index in [0.29, 0.717) is 26.2 Å². The first kappa shape index (κ1) is 15.8. The molecule has 1 rings (SSSR count). The maximum atomic E-state index is 12.0. The van der Waals surface area contributed by atoms with Crippen LogP contribution >= 0.6 is 0 Å². The lowest BCUT2D eigenvalue weighted by Gasteiger charge is -2.21. The lowest BCUT2D eigenvalue weighted by Crippen LogP contribution is -2.43. The molecule has 18 heavy (non-hydrogen) atoms. The fraction of sp³-hybridized carbons (Fsp3) is 1.00. The normalized spacial score (nSPS) is 19.9. The molecule has 0 unspecified atom stereocenters. The van der Waals surface area contributed by atoms with Gasteiger partial charge in [-0.15, -0.1) is 0 Å². The third-order valence-electron chi connectivity index (χ3n) is 3.10. The Bertz CT molecular complexity index is 321. The Kier molecular flexibility index (Phi) is 7.10. The van der Waals surface area contributed by atoms with Gasteiger partial charge in [-0.05, 0) is 38.9 Å². The second kappa shape index (κ2) is 8.06. The molecule has 0 aromatic rings. The summed E-state index contributed by atoms with van der Waals surface area (Å²) >= 11 is 0. The van der Waals surface area contributed by atoms with Crippen molar-refractivity contribution in [2.45, 2.75) is 26.2 Å². The maximum Gasteiger partial charge on any atom is 0.279 e. The van der Waals surface area contributed by atoms with Gasteiger partial charge in [-0.1, -0.05) is 6.92 Å². The molecule has 3 N–H and O–H groups in total. The number of nitrogens with two attached hydrogens (primary N) is 1. The SMILES string of the molecule is CCCNS(=O)(=O)N1CCCN(CCCN)CC1. The molecule has 7 heteroatoms. The van der Waals surface area contributed by atoms with E-state index in [1.807, 2.05) is 6.92 Å². The minimum Gasteiger partial charge on any atom is -0.330 e. The monoisotopic (exact) mass is 278 g/mol. The number of hydrogen-bond donors (Lipinski definition) is 2. The van der Waals surface area contributed by atoms with Gasteiger partial charge in [0.05, 0.1) is 0 Å². The zero-order valence-electron chi connectivity index (χ0n) is 11.3. The molecule has 0 amide bonds. The van der Waals surface area contributed by atoms with Crippen LogP contribution in [-0.2, 0) is 10.2 Å². The lowest BCUT2D eigenvalue weighted by molar-refractivity contribution is 0.284. The Hall–Kier alpha value is -0.210. The second-order valence-corrected chi connectivity index (χ2v) is 6.39. The van der Waals surface area contributed by atoms with Crippen LogP contribution in [0.25, 0.3) is 0 Å². The summed E-state index contributed by atoms with van der Waals surface area (Å²) in [4.78, 5) is 2.29. The first-order valence-corrected chi connectivity index (χ1v) is 8.21. The minimum absolute atomic E-state index is 0.510. The summed E-state index contributed by atoms with van der Waals surface area (Å²) in [5.74, 6) is 0. The van der Waals surface area contributed by atoms with Crippen molar-refractivity contribution in [1.29, 1.82) is 0 Å². The predicted octanol–water partition coefficient (Wildman–Crippen LogP) is -0.413. The summed E-state index contributed by atoms with van der Waals surface area (Å²) in [6, 6.07) is 0. The van der Waals surface area contributed by atoms with Crippen molar-refractivity contribution in [2.24, 2.45) is 5.73 Å². The second-order valence-electron chi connectivity index (χ2n) is 4.64. The van der Waals surface area contributed by atoms with Crippen molar-refractivity contribution in [3.63, 3.8) is 0 Å². The van der Waals surface area contributed by atoms with Crippen molar-refractivity contribution in [3.8, 4) is 0 Å². The summed E-state index contributed by atoms with van der Waals surface area (Å²) < 4.78 is 28.2. The molecule has 0 spiro atoms. The fourth-order valence-corrected chi connectivity index (χ4v) is 3.38. The van der Waals surface area contributed by atoms with E-state index in [9.17, 15) is 8.42 Å². The fourth-order valence-electron chi connectivity index (χ4n) is 2.05. The van der Waals surface area contributed by atoms with Gasteiger partial charge in [-0.25, -0.2) is 4.72 Å². The smallest absolute Gasteiger partial charge is 0.279 e. The van der Waals surface area contributed by atoms with Crippen LogP contribution in [0.2, 0.25) is 0 Å². The average Bonchev–Trinajstić information content (AvgIpc) is 2.60. The Balaban J connectivity index is 2.45. The van der Waals surface area contributed by atoms with Crippen molar-refractivity contribution >= 4 is 10.2 Å². The maximum absolute atomic E-state index is 12.0. The van der Waals surface area contributed by atoms with Gasteiger partial charge in [-0.2, -0.15) is 12.7 Å². The van der Waals surface area contributed by atoms with Gasteiger partial charge >= 0.3 is 0 Å². The highest BCUT2D eigenvalue weighted by atomic mass is 32.2. The van der Waals surface area contributed by atoms with Gasteiger partial charge in [0.2, 0.25) is 0 Å². The molecular formula is C11H26N4O2S. The molecular weight excluding hydrogens is 252 g/mol. The molecule has 1 aliphatic heterocycles. The quantitative estimate of drug-likeness (QED) is 0.663. The summed E-state index contributed by atoms with van der Waals surface area (Å²) in [5, 5.41) is 0. The van der Waals surface area contributed by atoms with Gasteiger partial charge in [0.15, 0.2) is 0 Å². The van der Waals surface area contributed by atoms with Crippen LogP contribution < -0.4 is 10.5 Å². The van der Waals surface area contributed by atoms with Crippen LogP contribution in [0.15, 0.2) is 0 Å². The van der Waals surface area contributed by atoms with Crippen molar-refractivity contribution in [2.75, 3.05) is 45.8 Å². The highest BCUT2D eigenvalue weighted by molar-refractivity contribution is 7.87. The third kappa shape index (κ3) is 5.19. The number of nitrogens with one attached hydrogen (secondary N) is 1. The number of rotatable bonds is 7. The van der Waals surface area contributed by atoms with Gasteiger partial charge in [0.25, 0.3) is 10.2 Å². The van der Waals surface area contributed by atoms with Crippen LogP contribution in [0.5, 0.6) is 0 Å². The highest BCUT2D eigenvalue weighted by Crippen LogP contribution is 2.07. The van der Waals surface area contributed by atoms with Crippen LogP contribution in [-0.4, -0.2) is 63.4 Å². The Morgan fingerprint density at radius 1 is 1.22 bits per heavy atom. The summed E-state index contributed by atoms with van der Waals surface area (Å²) in [6.45, 7) is 7.06. The van der Waals surface area contributed by atoms with E-state index in [4.69, 9.17) is 5.73 Å². The summed E-state index contributed by atoms with van der Waals surface area (Å²) in [7, 11) is -3.28. The Labute approximate surface area is 111 Å². The standard InChI is InChI=1S/C11H26N4O2S/c1-2-6-13-18(16,17)15-9-4-8-14(10-11-15)7-3-5-12/h13H,2-12H2,1H3. The lowest BCUT2D eigenvalue weighted by atomic mass is 10.3. The van der Waals surface area contributed by atoms with E-state index < -0.39 is 10.2 Å². The Morgan fingerprint density at radius 3 is 2.67 bits per heavy atom. The molecule has 0 aromatic carbocycles. The average molecular weight is 278 g/mol. The molecule has 0 radical (unpaired) electrons. The molecule has 108 valence electrons. The molecule has 0 bridgehead atoms. The predicted molar refractivity (Wildman–Crippen MR) is 73.5 cm³/mol. The summed E-state index contributed by atoms with van der Waals surface area (Å²) in [6.07, 6.45) is 2.67. The van der Waals surface area contributed by atoms with Crippen LogP contribution in [0.4, 0.5) is 0 Å². The molecule has 1 saturated heterocycles. The first-order chi connectivity index (χ1) is 8.60. The van der Waals surface area contributed by atoms with E-state index >= 15 is 0 Å². The molecule has 1 fully saturated rings. The van der Waals surface area contributed by atoms with Crippen molar-refractivity contribution in [1.82, 2.24) is 13.9 Å². The van der Waals surface area contributed by atoms with Gasteiger partial charge < -0.3 is 10.6 Å². The van der Waals surface area contributed by atoms with E-state index in [-0.39, 0.29) is 0 Å². The van der Waals surface area contributed by atoms with E-state index in [1.165, 1.54) is 0 Å². The molecule has 0 atom stereocenters. The molecule has 1 aliphatic rings. The molecule has 1 heterocycles. The van der Waals surface area contributed by atoms with E-state index in [2.05, 4.69) is 9.62 Å². The molecule has 0 aliphatic carbocycles. The zero-order chi connectivity index (χ0) is 13.4. The topological polar surface area (TPSA) is 78.7 Å². The van der Waals surface area contributed by atoms with Crippen LogP contribution in [0, 0.1) is 0 Å². The highest BCUT2D eigenvalue weighted by Gasteiger charge is 2.24. The van der Waals surface area contributed by atoms with E-state index in [1.54, 1.807) is 4.31 Å². The first-order valence-electron chi connectivity index (χ1n) is 6.77. The van der Waals surface area contributed by atoms with Crippen molar-refractivity contribution in [3.05, 3.63) is 0 Å². The van der Waals surface area contributed by atoms with Gasteiger partial charge in [0, 0.05) is 26.2 Å². The van der Waals surface area contributed by atoms with Crippen LogP contribution in [0.3, 0.4) is 0 Å². The summed E-state index contributed by atoms with van der Waals surface area (Å²) in [5.41, 5.74) is 5.49. The van der Waals surface area contributed by atoms with Crippen molar-refractivity contribution < 1.29 is 8.42 Å². The molecule has 6 nitrogen and oxygen atoms in total. The molecule has 0 aromatic heterocycles. The number of nitrogens with zero attached hydrogens (tertiary/aromatic N) is 2. The van der Waals surface area contributed by atoms with E-state index in [0.717, 1.165) is 38.9 Å². The van der Waals surface area contributed by atoms with Crippen LogP contribution in [0.1, 0.15) is 26.2 Å². The minimum atomic E-state index is -3.28. The number of hydrogen-bond acceptors (Lipinski definition) is 4. The largest absolute Gasteiger partial charge is 0.330 e. The van der Waals surface area contributed by atoms with Gasteiger partial charge in [-0.3, -0.25) is 0 Å².